The van der Waals surface area contributed by atoms with Crippen LogP contribution in [-0.4, -0.2) is 29.6 Å². The van der Waals surface area contributed by atoms with Gasteiger partial charge in [-0.2, -0.15) is 0 Å². The zero-order chi connectivity index (χ0) is 20.0. The predicted octanol–water partition coefficient (Wildman–Crippen LogP) is 4.28. The highest BCUT2D eigenvalue weighted by molar-refractivity contribution is 6.20. The Kier molecular flexibility index (Phi) is 5.08. The minimum Gasteiger partial charge on any atom is -0.305 e. The first-order chi connectivity index (χ1) is 12.8. The average Bonchev–Trinajstić information content (AvgIpc) is 3.21. The van der Waals surface area contributed by atoms with Gasteiger partial charge in [0.05, 0.1) is 5.92 Å². The number of carbonyl (C=O) groups excluding carboxylic acids is 1. The second kappa shape index (κ2) is 6.91. The molecule has 3 unspecified atom stereocenters. The van der Waals surface area contributed by atoms with Crippen LogP contribution in [0.5, 0.6) is 0 Å². The second-order valence-electron chi connectivity index (χ2n) is 8.35. The van der Waals surface area contributed by atoms with Crippen LogP contribution in [0.25, 0.3) is 0 Å². The third kappa shape index (κ3) is 2.77. The van der Waals surface area contributed by atoms with Gasteiger partial charge in [0.1, 0.15) is 0 Å². The molecule has 0 radical (unpaired) electrons. The highest BCUT2D eigenvalue weighted by Gasteiger charge is 2.69. The Labute approximate surface area is 164 Å². The van der Waals surface area contributed by atoms with Crippen molar-refractivity contribution >= 4 is 11.5 Å². The molecular weight excluding hydrogens is 332 g/mol. The standard InChI is InChI=1S/C22H26N2O.C2H6/c1-6-7-14-8-9-15(13(2)12-14)16-19(23-5)17-18(20(16)25)22(4)11-10-21(17,3)24-22;1-2/h8-9,12,16-18,24H,10-11H2,1-5H3;1-2H3/t16?,17-,18+,21?,22?;/m1./s1. The van der Waals surface area contributed by atoms with E-state index in [0.29, 0.717) is 5.78 Å². The van der Waals surface area contributed by atoms with Gasteiger partial charge in [-0.3, -0.25) is 9.79 Å². The van der Waals surface area contributed by atoms with Gasteiger partial charge in [0, 0.05) is 41.2 Å². The summed E-state index contributed by atoms with van der Waals surface area (Å²) < 4.78 is 0. The van der Waals surface area contributed by atoms with Gasteiger partial charge in [-0.1, -0.05) is 25.8 Å². The van der Waals surface area contributed by atoms with Crippen molar-refractivity contribution in [3.05, 3.63) is 34.9 Å². The molecule has 5 atom stereocenters. The van der Waals surface area contributed by atoms with Gasteiger partial charge in [-0.25, -0.2) is 0 Å². The normalized spacial score (nSPS) is 37.5. The van der Waals surface area contributed by atoms with Gasteiger partial charge in [0.2, 0.25) is 0 Å². The van der Waals surface area contributed by atoms with Crippen molar-refractivity contribution in [1.29, 1.82) is 0 Å². The van der Waals surface area contributed by atoms with Crippen molar-refractivity contribution < 1.29 is 4.79 Å². The number of benzene rings is 1. The smallest absolute Gasteiger partial charge is 0.151 e. The second-order valence-corrected chi connectivity index (χ2v) is 8.35. The number of carbonyl (C=O) groups is 1. The maximum absolute atomic E-state index is 13.5. The Morgan fingerprint density at radius 2 is 1.78 bits per heavy atom. The van der Waals surface area contributed by atoms with E-state index in [1.807, 2.05) is 33.9 Å². The number of hydrogen-bond donors (Lipinski definition) is 1. The van der Waals surface area contributed by atoms with E-state index in [1.54, 1.807) is 0 Å². The van der Waals surface area contributed by atoms with Gasteiger partial charge in [0.15, 0.2) is 5.78 Å². The number of Topliss-reactive ketones (excluding diaryl/α,β-unsaturated/α-hetero) is 1. The number of fused-ring (bicyclic) bond motifs is 5. The molecule has 1 aliphatic carbocycles. The number of rotatable bonds is 1. The van der Waals surface area contributed by atoms with Crippen LogP contribution < -0.4 is 5.32 Å². The Balaban J connectivity index is 0.00000102. The van der Waals surface area contributed by atoms with Crippen LogP contribution in [0.1, 0.15) is 70.1 Å². The SMILES string of the molecule is CC.CC#Cc1ccc(C2C(=O)[C@@H]3[C@H](C2=NC)C2(C)CCC3(C)N2)c(C)c1. The summed E-state index contributed by atoms with van der Waals surface area (Å²) in [5.41, 5.74) is 4.24. The third-order valence-electron chi connectivity index (χ3n) is 6.75. The van der Waals surface area contributed by atoms with Crippen molar-refractivity contribution in [2.45, 2.75) is 71.4 Å². The highest BCUT2D eigenvalue weighted by Crippen LogP contribution is 2.59. The summed E-state index contributed by atoms with van der Waals surface area (Å²) in [5.74, 6) is 6.47. The van der Waals surface area contributed by atoms with Crippen LogP contribution in [0.3, 0.4) is 0 Å². The molecule has 3 nitrogen and oxygen atoms in total. The largest absolute Gasteiger partial charge is 0.305 e. The van der Waals surface area contributed by atoms with E-state index < -0.39 is 0 Å². The molecule has 0 aromatic heterocycles. The van der Waals surface area contributed by atoms with Crippen LogP contribution in [0.15, 0.2) is 23.2 Å². The zero-order valence-corrected chi connectivity index (χ0v) is 17.7. The summed E-state index contributed by atoms with van der Waals surface area (Å²) in [6.07, 6.45) is 2.19. The lowest BCUT2D eigenvalue weighted by Crippen LogP contribution is -2.44. The van der Waals surface area contributed by atoms with Crippen molar-refractivity contribution in [2.24, 2.45) is 16.8 Å². The maximum atomic E-state index is 13.5. The summed E-state index contributed by atoms with van der Waals surface area (Å²) >= 11 is 0. The van der Waals surface area contributed by atoms with Gasteiger partial charge >= 0.3 is 0 Å². The molecule has 2 saturated heterocycles. The molecule has 4 rings (SSSR count). The lowest BCUT2D eigenvalue weighted by molar-refractivity contribution is -0.123. The Morgan fingerprint density at radius 1 is 1.15 bits per heavy atom. The van der Waals surface area contributed by atoms with E-state index >= 15 is 0 Å². The minimum atomic E-state index is -0.192. The van der Waals surface area contributed by atoms with Crippen molar-refractivity contribution in [1.82, 2.24) is 5.32 Å². The van der Waals surface area contributed by atoms with Crippen molar-refractivity contribution in [3.8, 4) is 11.8 Å². The monoisotopic (exact) mass is 364 g/mol. The van der Waals surface area contributed by atoms with Gasteiger partial charge in [-0.15, -0.1) is 5.92 Å². The van der Waals surface area contributed by atoms with Crippen molar-refractivity contribution in [3.63, 3.8) is 0 Å². The van der Waals surface area contributed by atoms with E-state index in [2.05, 4.69) is 55.1 Å². The van der Waals surface area contributed by atoms with E-state index in [0.717, 1.165) is 35.2 Å². The molecule has 3 fully saturated rings. The highest BCUT2D eigenvalue weighted by atomic mass is 16.1. The van der Waals surface area contributed by atoms with Crippen LogP contribution in [0.2, 0.25) is 0 Å². The molecule has 3 heteroatoms. The summed E-state index contributed by atoms with van der Waals surface area (Å²) in [6, 6.07) is 6.21. The average molecular weight is 365 g/mol. The summed E-state index contributed by atoms with van der Waals surface area (Å²) in [7, 11) is 1.85. The molecule has 144 valence electrons. The predicted molar refractivity (Wildman–Crippen MR) is 112 cm³/mol. The Morgan fingerprint density at radius 3 is 2.33 bits per heavy atom. The molecular formula is C24H32N2O. The van der Waals surface area contributed by atoms with E-state index in [-0.39, 0.29) is 28.8 Å². The number of nitrogens with zero attached hydrogens (tertiary/aromatic N) is 1. The number of nitrogens with one attached hydrogen (secondary N) is 1. The molecule has 27 heavy (non-hydrogen) atoms. The van der Waals surface area contributed by atoms with Crippen LogP contribution >= 0.6 is 0 Å². The van der Waals surface area contributed by atoms with Crippen LogP contribution in [0, 0.1) is 30.6 Å². The minimum absolute atomic E-state index is 0.000200. The number of aliphatic imine (C=N–C) groups is 1. The quantitative estimate of drug-likeness (QED) is 0.756. The van der Waals surface area contributed by atoms with E-state index in [1.165, 1.54) is 0 Å². The first-order valence-corrected chi connectivity index (χ1v) is 10.2. The van der Waals surface area contributed by atoms with E-state index in [4.69, 9.17) is 0 Å². The van der Waals surface area contributed by atoms with Gasteiger partial charge < -0.3 is 5.32 Å². The number of aryl methyl sites for hydroxylation is 1. The fourth-order valence-corrected chi connectivity index (χ4v) is 5.78. The lowest BCUT2D eigenvalue weighted by atomic mass is 9.69. The van der Waals surface area contributed by atoms with Gasteiger partial charge in [-0.05, 0) is 63.8 Å². The molecule has 2 aliphatic heterocycles. The zero-order valence-electron chi connectivity index (χ0n) is 17.7. The fraction of sp³-hybridized carbons (Fsp3) is 0.583. The summed E-state index contributed by atoms with van der Waals surface area (Å²) in [6.45, 7) is 12.4. The molecule has 0 spiro atoms. The molecule has 2 heterocycles. The van der Waals surface area contributed by atoms with Crippen LogP contribution in [-0.2, 0) is 4.79 Å². The lowest BCUT2D eigenvalue weighted by Gasteiger charge is -2.32. The number of hydrogen-bond acceptors (Lipinski definition) is 3. The first kappa shape index (κ1) is 19.8. The Hall–Kier alpha value is -1.92. The molecule has 0 amide bonds. The van der Waals surface area contributed by atoms with Crippen LogP contribution in [0.4, 0.5) is 0 Å². The molecule has 1 aromatic carbocycles. The first-order valence-electron chi connectivity index (χ1n) is 10.2. The third-order valence-corrected chi connectivity index (χ3v) is 6.75. The Bertz CT molecular complexity index is 859. The molecule has 1 saturated carbocycles. The molecule has 1 aromatic rings. The summed E-state index contributed by atoms with van der Waals surface area (Å²) in [4.78, 5) is 18.2. The van der Waals surface area contributed by atoms with Crippen molar-refractivity contribution in [2.75, 3.05) is 7.05 Å². The van der Waals surface area contributed by atoms with E-state index in [9.17, 15) is 4.79 Å². The topological polar surface area (TPSA) is 41.5 Å². The molecule has 2 bridgehead atoms. The summed E-state index contributed by atoms with van der Waals surface area (Å²) in [5, 5.41) is 3.77. The fourth-order valence-electron chi connectivity index (χ4n) is 5.78. The molecule has 3 aliphatic rings. The number of ketones is 1. The van der Waals surface area contributed by atoms with Gasteiger partial charge in [0.25, 0.3) is 0 Å². The maximum Gasteiger partial charge on any atom is 0.151 e. The molecule has 1 N–H and O–H groups in total.